The maximum absolute atomic E-state index is 12.6. The maximum atomic E-state index is 12.6. The Morgan fingerprint density at radius 1 is 1.32 bits per heavy atom. The first-order chi connectivity index (χ1) is 12.0. The number of para-hydroxylation sites is 1. The smallest absolute Gasteiger partial charge is 0.225 e. The van der Waals surface area contributed by atoms with Crippen LogP contribution >= 0.6 is 11.3 Å². The lowest BCUT2D eigenvalue weighted by atomic mass is 10.0. The van der Waals surface area contributed by atoms with Crippen LogP contribution in [0.15, 0.2) is 24.3 Å². The lowest BCUT2D eigenvalue weighted by Crippen LogP contribution is -2.34. The van der Waals surface area contributed by atoms with Gasteiger partial charge in [0.05, 0.1) is 15.2 Å². The van der Waals surface area contributed by atoms with Crippen molar-refractivity contribution < 1.29 is 9.59 Å². The van der Waals surface area contributed by atoms with E-state index >= 15 is 0 Å². The topological polar surface area (TPSA) is 62.3 Å². The van der Waals surface area contributed by atoms with Gasteiger partial charge in [0.25, 0.3) is 0 Å². The predicted molar refractivity (Wildman–Crippen MR) is 101 cm³/mol. The molecule has 0 saturated heterocycles. The first-order valence-electron chi connectivity index (χ1n) is 8.89. The highest BCUT2D eigenvalue weighted by atomic mass is 32.1. The summed E-state index contributed by atoms with van der Waals surface area (Å²) in [6.07, 6.45) is 3.66. The molecule has 1 saturated carbocycles. The van der Waals surface area contributed by atoms with Crippen LogP contribution in [0.3, 0.4) is 0 Å². The number of carbonyl (C=O) groups excluding carboxylic acids is 2. The molecule has 1 aromatic carbocycles. The first-order valence-corrected chi connectivity index (χ1v) is 9.71. The van der Waals surface area contributed by atoms with E-state index in [1.807, 2.05) is 24.1 Å². The molecule has 0 bridgehead atoms. The predicted octanol–water partition coefficient (Wildman–Crippen LogP) is 3.16. The fourth-order valence-electron chi connectivity index (χ4n) is 3.50. The van der Waals surface area contributed by atoms with Crippen molar-refractivity contribution in [3.63, 3.8) is 0 Å². The van der Waals surface area contributed by atoms with Gasteiger partial charge in [0.2, 0.25) is 11.8 Å². The molecule has 0 radical (unpaired) electrons. The van der Waals surface area contributed by atoms with Gasteiger partial charge in [-0.15, -0.1) is 11.3 Å². The van der Waals surface area contributed by atoms with Crippen molar-refractivity contribution in [2.24, 2.45) is 5.92 Å². The van der Waals surface area contributed by atoms with E-state index in [0.717, 1.165) is 31.2 Å². The molecule has 0 spiro atoms. The number of benzene rings is 1. The molecule has 1 N–H and O–H groups in total. The Bertz CT molecular complexity index is 725. The van der Waals surface area contributed by atoms with Gasteiger partial charge in [0.1, 0.15) is 0 Å². The minimum atomic E-state index is -0.0246. The van der Waals surface area contributed by atoms with Crippen LogP contribution < -0.4 is 5.32 Å². The highest BCUT2D eigenvalue weighted by molar-refractivity contribution is 7.18. The summed E-state index contributed by atoms with van der Waals surface area (Å²) in [5.41, 5.74) is 1.06. The van der Waals surface area contributed by atoms with Crippen LogP contribution in [-0.2, 0) is 9.59 Å². The van der Waals surface area contributed by atoms with Gasteiger partial charge in [-0.3, -0.25) is 9.59 Å². The van der Waals surface area contributed by atoms with Gasteiger partial charge in [-0.05, 0) is 37.8 Å². The second-order valence-electron chi connectivity index (χ2n) is 6.82. The molecule has 2 amide bonds. The molecular formula is C19H25N3O2S. The molecule has 1 aromatic heterocycles. The molecule has 1 aliphatic rings. The van der Waals surface area contributed by atoms with Crippen molar-refractivity contribution in [2.45, 2.75) is 38.5 Å². The molecule has 2 aromatic rings. The number of rotatable bonds is 6. The Labute approximate surface area is 152 Å². The van der Waals surface area contributed by atoms with Crippen LogP contribution in [0.2, 0.25) is 0 Å². The molecule has 5 nitrogen and oxygen atoms in total. The molecule has 0 unspecified atom stereocenters. The average molecular weight is 359 g/mol. The second-order valence-corrected chi connectivity index (χ2v) is 7.89. The lowest BCUT2D eigenvalue weighted by Gasteiger charge is -2.21. The molecule has 6 heteroatoms. The standard InChI is InChI=1S/C19H25N3O2S/c1-13(23)20-10-5-11-22(2)19(24)15-9-8-14(12-15)18-21-16-6-3-4-7-17(16)25-18/h3-4,6-7,14-15H,5,8-12H2,1-2H3,(H,20,23)/t14-,15+/m0/s1. The molecule has 1 fully saturated rings. The summed E-state index contributed by atoms with van der Waals surface area (Å²) in [6, 6.07) is 8.22. The van der Waals surface area contributed by atoms with Crippen molar-refractivity contribution >= 4 is 33.4 Å². The molecule has 0 aliphatic heterocycles. The van der Waals surface area contributed by atoms with E-state index in [4.69, 9.17) is 4.98 Å². The zero-order valence-electron chi connectivity index (χ0n) is 14.8. The Morgan fingerprint density at radius 3 is 2.88 bits per heavy atom. The van der Waals surface area contributed by atoms with Crippen molar-refractivity contribution in [1.82, 2.24) is 15.2 Å². The number of carbonyl (C=O) groups is 2. The lowest BCUT2D eigenvalue weighted by molar-refractivity contribution is -0.134. The maximum Gasteiger partial charge on any atom is 0.225 e. The monoisotopic (exact) mass is 359 g/mol. The Morgan fingerprint density at radius 2 is 2.12 bits per heavy atom. The van der Waals surface area contributed by atoms with E-state index in [1.165, 1.54) is 16.6 Å². The van der Waals surface area contributed by atoms with Crippen molar-refractivity contribution in [3.8, 4) is 0 Å². The normalized spacial score (nSPS) is 19.9. The summed E-state index contributed by atoms with van der Waals surface area (Å²) < 4.78 is 1.22. The summed E-state index contributed by atoms with van der Waals surface area (Å²) in [4.78, 5) is 30.1. The number of hydrogen-bond donors (Lipinski definition) is 1. The van der Waals surface area contributed by atoms with Gasteiger partial charge >= 0.3 is 0 Å². The summed E-state index contributed by atoms with van der Waals surface area (Å²) in [5.74, 6) is 0.705. The van der Waals surface area contributed by atoms with Gasteiger partial charge in [-0.2, -0.15) is 0 Å². The molecule has 2 atom stereocenters. The van der Waals surface area contributed by atoms with E-state index in [-0.39, 0.29) is 17.7 Å². The number of amides is 2. The van der Waals surface area contributed by atoms with Crippen LogP contribution in [0.1, 0.15) is 43.5 Å². The molecule has 134 valence electrons. The fourth-order valence-corrected chi connectivity index (χ4v) is 4.61. The highest BCUT2D eigenvalue weighted by Gasteiger charge is 2.33. The third-order valence-electron chi connectivity index (χ3n) is 4.86. The third kappa shape index (κ3) is 4.37. The van der Waals surface area contributed by atoms with Gasteiger partial charge in [-0.1, -0.05) is 12.1 Å². The Balaban J connectivity index is 1.53. The Hall–Kier alpha value is -1.95. The van der Waals surface area contributed by atoms with E-state index in [0.29, 0.717) is 19.0 Å². The van der Waals surface area contributed by atoms with Gasteiger partial charge in [0, 0.05) is 38.9 Å². The zero-order chi connectivity index (χ0) is 17.8. The quantitative estimate of drug-likeness (QED) is 0.806. The highest BCUT2D eigenvalue weighted by Crippen LogP contribution is 2.41. The minimum Gasteiger partial charge on any atom is -0.356 e. The van der Waals surface area contributed by atoms with E-state index in [1.54, 1.807) is 11.3 Å². The van der Waals surface area contributed by atoms with Crippen molar-refractivity contribution in [1.29, 1.82) is 0 Å². The summed E-state index contributed by atoms with van der Waals surface area (Å²) in [6.45, 7) is 2.81. The second kappa shape index (κ2) is 7.95. The Kier molecular flexibility index (Phi) is 5.68. The number of hydrogen-bond acceptors (Lipinski definition) is 4. The van der Waals surface area contributed by atoms with Crippen LogP contribution in [0, 0.1) is 5.92 Å². The van der Waals surface area contributed by atoms with E-state index < -0.39 is 0 Å². The van der Waals surface area contributed by atoms with Gasteiger partial charge in [-0.25, -0.2) is 4.98 Å². The fraction of sp³-hybridized carbons (Fsp3) is 0.526. The molecule has 3 rings (SSSR count). The number of nitrogens with zero attached hydrogens (tertiary/aromatic N) is 2. The number of nitrogens with one attached hydrogen (secondary N) is 1. The molecular weight excluding hydrogens is 334 g/mol. The number of fused-ring (bicyclic) bond motifs is 1. The number of thiazole rings is 1. The minimum absolute atomic E-state index is 0.0246. The number of aromatic nitrogens is 1. The average Bonchev–Trinajstić information content (AvgIpc) is 3.23. The van der Waals surface area contributed by atoms with Crippen LogP contribution in [-0.4, -0.2) is 41.8 Å². The molecule has 25 heavy (non-hydrogen) atoms. The van der Waals surface area contributed by atoms with Gasteiger partial charge < -0.3 is 10.2 Å². The van der Waals surface area contributed by atoms with Crippen LogP contribution in [0.4, 0.5) is 0 Å². The van der Waals surface area contributed by atoms with E-state index in [2.05, 4.69) is 17.4 Å². The van der Waals surface area contributed by atoms with Crippen molar-refractivity contribution in [2.75, 3.05) is 20.1 Å². The van der Waals surface area contributed by atoms with Crippen LogP contribution in [0.5, 0.6) is 0 Å². The molecule has 1 aliphatic carbocycles. The van der Waals surface area contributed by atoms with Crippen molar-refractivity contribution in [3.05, 3.63) is 29.3 Å². The SMILES string of the molecule is CC(=O)NCCCN(C)C(=O)[C@@H]1CC[C@H](c2nc3ccccc3s2)C1. The van der Waals surface area contributed by atoms with E-state index in [9.17, 15) is 9.59 Å². The zero-order valence-corrected chi connectivity index (χ0v) is 15.6. The first kappa shape index (κ1) is 17.9. The van der Waals surface area contributed by atoms with Crippen LogP contribution in [0.25, 0.3) is 10.2 Å². The summed E-state index contributed by atoms with van der Waals surface area (Å²) in [7, 11) is 1.86. The van der Waals surface area contributed by atoms with Gasteiger partial charge in [0.15, 0.2) is 0 Å². The largest absolute Gasteiger partial charge is 0.356 e. The summed E-state index contributed by atoms with van der Waals surface area (Å²) in [5, 5.41) is 3.94. The third-order valence-corrected chi connectivity index (χ3v) is 6.06. The summed E-state index contributed by atoms with van der Waals surface area (Å²) >= 11 is 1.76. The molecule has 1 heterocycles.